The van der Waals surface area contributed by atoms with E-state index in [1.807, 2.05) is 13.0 Å². The molecule has 0 saturated heterocycles. The van der Waals surface area contributed by atoms with Crippen LogP contribution < -0.4 is 4.84 Å². The Labute approximate surface area is 87.3 Å². The van der Waals surface area contributed by atoms with Gasteiger partial charge in [-0.25, -0.2) is 9.86 Å². The number of hydrogen-bond donors (Lipinski definition) is 1. The van der Waals surface area contributed by atoms with E-state index >= 15 is 0 Å². The average molecular weight is 205 g/mol. The van der Waals surface area contributed by atoms with Gasteiger partial charge in [0, 0.05) is 11.8 Å². The van der Waals surface area contributed by atoms with Crippen LogP contribution in [0.2, 0.25) is 0 Å². The number of rotatable bonds is 2. The number of hydrogen-bond acceptors (Lipinski definition) is 3. The zero-order chi connectivity index (χ0) is 10.8. The fourth-order valence-corrected chi connectivity index (χ4v) is 1.39. The fourth-order valence-electron chi connectivity index (χ4n) is 1.39. The van der Waals surface area contributed by atoms with Crippen molar-refractivity contribution in [2.45, 2.75) is 6.92 Å². The summed E-state index contributed by atoms with van der Waals surface area (Å²) in [6.07, 6.45) is 3.63. The Kier molecular flexibility index (Phi) is 2.33. The van der Waals surface area contributed by atoms with Gasteiger partial charge in [0.2, 0.25) is 0 Å². The van der Waals surface area contributed by atoms with Crippen molar-refractivity contribution in [2.24, 2.45) is 0 Å². The van der Waals surface area contributed by atoms with E-state index in [4.69, 9.17) is 9.94 Å². The summed E-state index contributed by atoms with van der Waals surface area (Å²) in [6, 6.07) is 4.81. The number of hydroxylamine groups is 2. The third kappa shape index (κ3) is 1.79. The van der Waals surface area contributed by atoms with Gasteiger partial charge >= 0.3 is 5.97 Å². The molecule has 0 bridgehead atoms. The van der Waals surface area contributed by atoms with Crippen molar-refractivity contribution < 1.29 is 14.7 Å². The second-order valence-corrected chi connectivity index (χ2v) is 3.20. The minimum atomic E-state index is -0.927. The first-order valence-electron chi connectivity index (χ1n) is 4.71. The molecule has 0 spiro atoms. The molecule has 0 aromatic heterocycles. The van der Waals surface area contributed by atoms with Gasteiger partial charge < -0.3 is 9.94 Å². The normalized spacial score (nSPS) is 13.3. The first-order chi connectivity index (χ1) is 7.20. The van der Waals surface area contributed by atoms with E-state index < -0.39 is 5.97 Å². The molecule has 1 N–H and O–H groups in total. The van der Waals surface area contributed by atoms with Crippen molar-refractivity contribution in [1.29, 1.82) is 0 Å². The molecule has 1 aromatic rings. The number of carboxylic acid groups (broad SMARTS) is 1. The van der Waals surface area contributed by atoms with Gasteiger partial charge in [-0.2, -0.15) is 0 Å². The second kappa shape index (κ2) is 3.65. The highest BCUT2D eigenvalue weighted by Crippen LogP contribution is 2.26. The molecule has 0 fully saturated rings. The minimum Gasteiger partial charge on any atom is -0.478 e. The second-order valence-electron chi connectivity index (χ2n) is 3.20. The van der Waals surface area contributed by atoms with E-state index in [1.54, 1.807) is 23.4 Å². The lowest BCUT2D eigenvalue weighted by Crippen LogP contribution is -2.23. The Balaban J connectivity index is 2.36. The maximum atomic E-state index is 10.7. The Morgan fingerprint density at radius 1 is 1.53 bits per heavy atom. The van der Waals surface area contributed by atoms with Crippen LogP contribution >= 0.6 is 0 Å². The van der Waals surface area contributed by atoms with Crippen LogP contribution in [0.5, 0.6) is 5.75 Å². The molecule has 78 valence electrons. The summed E-state index contributed by atoms with van der Waals surface area (Å²) in [5.74, 6) is -0.242. The van der Waals surface area contributed by atoms with Crippen LogP contribution in [0.4, 0.5) is 0 Å². The average Bonchev–Trinajstić information content (AvgIpc) is 2.27. The molecule has 1 aliphatic heterocycles. The zero-order valence-electron chi connectivity index (χ0n) is 8.30. The minimum absolute atomic E-state index is 0.270. The van der Waals surface area contributed by atoms with Gasteiger partial charge in [-0.1, -0.05) is 0 Å². The van der Waals surface area contributed by atoms with E-state index in [1.165, 1.54) is 6.07 Å². The summed E-state index contributed by atoms with van der Waals surface area (Å²) in [5, 5.41) is 10.5. The molecule has 4 nitrogen and oxygen atoms in total. The Morgan fingerprint density at radius 2 is 2.33 bits per heavy atom. The summed E-state index contributed by atoms with van der Waals surface area (Å²) in [7, 11) is 0. The zero-order valence-corrected chi connectivity index (χ0v) is 8.30. The van der Waals surface area contributed by atoms with Gasteiger partial charge in [-0.3, -0.25) is 0 Å². The molecule has 0 atom stereocenters. The molecule has 1 heterocycles. The first-order valence-corrected chi connectivity index (χ1v) is 4.71. The van der Waals surface area contributed by atoms with E-state index in [9.17, 15) is 4.79 Å². The lowest BCUT2D eigenvalue weighted by molar-refractivity contribution is -0.00426. The summed E-state index contributed by atoms with van der Waals surface area (Å²) >= 11 is 0. The van der Waals surface area contributed by atoms with Crippen LogP contribution in [0.15, 0.2) is 24.4 Å². The van der Waals surface area contributed by atoms with Crippen LogP contribution in [0.25, 0.3) is 6.08 Å². The lowest BCUT2D eigenvalue weighted by Gasteiger charge is -2.23. The topological polar surface area (TPSA) is 49.8 Å². The number of nitrogens with zero attached hydrogens (tertiary/aromatic N) is 1. The molecular weight excluding hydrogens is 194 g/mol. The Morgan fingerprint density at radius 3 is 3.00 bits per heavy atom. The summed E-state index contributed by atoms with van der Waals surface area (Å²) in [5.41, 5.74) is 1.06. The predicted molar refractivity (Wildman–Crippen MR) is 55.4 cm³/mol. The van der Waals surface area contributed by atoms with Crippen molar-refractivity contribution in [3.05, 3.63) is 35.5 Å². The highest BCUT2D eigenvalue weighted by molar-refractivity contribution is 5.89. The summed E-state index contributed by atoms with van der Waals surface area (Å²) in [4.78, 5) is 16.2. The predicted octanol–water partition coefficient (Wildman–Crippen LogP) is 1.98. The van der Waals surface area contributed by atoms with Crippen molar-refractivity contribution in [1.82, 2.24) is 5.06 Å². The molecule has 0 radical (unpaired) electrons. The third-order valence-corrected chi connectivity index (χ3v) is 2.20. The Hall–Kier alpha value is -1.97. The van der Waals surface area contributed by atoms with E-state index in [0.717, 1.165) is 12.1 Å². The number of carboxylic acids is 1. The van der Waals surface area contributed by atoms with Crippen LogP contribution in [0.1, 0.15) is 22.8 Å². The number of benzene rings is 1. The van der Waals surface area contributed by atoms with Crippen molar-refractivity contribution in [3.63, 3.8) is 0 Å². The monoisotopic (exact) mass is 205 g/mol. The summed E-state index contributed by atoms with van der Waals surface area (Å²) < 4.78 is 0. The molecule has 2 rings (SSSR count). The first kappa shape index (κ1) is 9.58. The molecule has 0 unspecified atom stereocenters. The van der Waals surface area contributed by atoms with Gasteiger partial charge in [-0.15, -0.1) is 0 Å². The van der Waals surface area contributed by atoms with Crippen molar-refractivity contribution in [3.8, 4) is 5.75 Å². The molecule has 0 amide bonds. The molecule has 1 aliphatic rings. The van der Waals surface area contributed by atoms with Crippen molar-refractivity contribution in [2.75, 3.05) is 6.54 Å². The molecule has 0 aliphatic carbocycles. The van der Waals surface area contributed by atoms with Gasteiger partial charge in [0.15, 0.2) is 5.75 Å². The lowest BCUT2D eigenvalue weighted by atomic mass is 10.1. The van der Waals surface area contributed by atoms with Crippen LogP contribution in [-0.2, 0) is 0 Å². The molecule has 1 aromatic carbocycles. The number of fused-ring (bicyclic) bond motifs is 1. The maximum absolute atomic E-state index is 10.7. The van der Waals surface area contributed by atoms with E-state index in [-0.39, 0.29) is 5.56 Å². The fraction of sp³-hybridized carbons (Fsp3) is 0.182. The maximum Gasteiger partial charge on any atom is 0.335 e. The van der Waals surface area contributed by atoms with Crippen molar-refractivity contribution >= 4 is 12.0 Å². The van der Waals surface area contributed by atoms with Crippen LogP contribution in [-0.4, -0.2) is 22.7 Å². The molecular formula is C11H11NO3. The van der Waals surface area contributed by atoms with Gasteiger partial charge in [0.25, 0.3) is 0 Å². The smallest absolute Gasteiger partial charge is 0.335 e. The quantitative estimate of drug-likeness (QED) is 0.802. The van der Waals surface area contributed by atoms with E-state index in [2.05, 4.69) is 0 Å². The third-order valence-electron chi connectivity index (χ3n) is 2.20. The van der Waals surface area contributed by atoms with Gasteiger partial charge in [0.05, 0.1) is 12.1 Å². The van der Waals surface area contributed by atoms with E-state index in [0.29, 0.717) is 5.75 Å². The van der Waals surface area contributed by atoms with Crippen LogP contribution in [0.3, 0.4) is 0 Å². The largest absolute Gasteiger partial charge is 0.478 e. The van der Waals surface area contributed by atoms with Gasteiger partial charge in [-0.05, 0) is 31.2 Å². The van der Waals surface area contributed by atoms with Gasteiger partial charge in [0.1, 0.15) is 0 Å². The molecule has 4 heteroatoms. The standard InChI is InChI=1S/C11H11NO3/c1-2-12-6-5-8-7-9(11(13)14)3-4-10(8)15-12/h3-7H,2H2,1H3,(H,13,14). The SMILES string of the molecule is CCN1C=Cc2cc(C(=O)O)ccc2O1. The Bertz CT molecular complexity index is 426. The summed E-state index contributed by atoms with van der Waals surface area (Å²) in [6.45, 7) is 2.72. The molecule has 0 saturated carbocycles. The highest BCUT2D eigenvalue weighted by Gasteiger charge is 2.13. The number of carbonyl (C=O) groups is 1. The molecule has 15 heavy (non-hydrogen) atoms. The van der Waals surface area contributed by atoms with Crippen LogP contribution in [0, 0.1) is 0 Å². The number of aromatic carboxylic acids is 1. The highest BCUT2D eigenvalue weighted by atomic mass is 16.7.